The molecule has 0 unspecified atom stereocenters. The third-order valence-corrected chi connectivity index (χ3v) is 5.41. The molecule has 0 aliphatic heterocycles. The standard InChI is InChI=1S/C17H32N2OS/c1-4-11-17(12-5-2,15(18)21)16(20)19-14-9-7-13(6-3)8-10-14/h13-14H,4-12H2,1-3H3,(H2,18,21)(H,19,20). The van der Waals surface area contributed by atoms with Crippen LogP contribution >= 0.6 is 12.2 Å². The van der Waals surface area contributed by atoms with Gasteiger partial charge in [-0.05, 0) is 44.4 Å². The number of nitrogens with one attached hydrogen (secondary N) is 1. The smallest absolute Gasteiger partial charge is 0.233 e. The van der Waals surface area contributed by atoms with Crippen LogP contribution in [0.3, 0.4) is 0 Å². The summed E-state index contributed by atoms with van der Waals surface area (Å²) in [5.41, 5.74) is 5.33. The molecule has 0 aromatic rings. The van der Waals surface area contributed by atoms with Crippen molar-refractivity contribution in [1.29, 1.82) is 0 Å². The van der Waals surface area contributed by atoms with Gasteiger partial charge in [-0.2, -0.15) is 0 Å². The predicted molar refractivity (Wildman–Crippen MR) is 93.2 cm³/mol. The zero-order valence-corrected chi connectivity index (χ0v) is 14.7. The SMILES string of the molecule is CCCC(CCC)(C(=O)NC1CCC(CC)CC1)C(N)=S. The van der Waals surface area contributed by atoms with Crippen molar-refractivity contribution in [2.45, 2.75) is 84.6 Å². The van der Waals surface area contributed by atoms with Crippen molar-refractivity contribution in [2.75, 3.05) is 0 Å². The molecule has 0 atom stereocenters. The van der Waals surface area contributed by atoms with Crippen LogP contribution in [-0.2, 0) is 4.79 Å². The van der Waals surface area contributed by atoms with Crippen molar-refractivity contribution in [2.24, 2.45) is 17.1 Å². The maximum absolute atomic E-state index is 12.8. The normalized spacial score (nSPS) is 22.8. The van der Waals surface area contributed by atoms with E-state index in [2.05, 4.69) is 26.1 Å². The quantitative estimate of drug-likeness (QED) is 0.667. The minimum atomic E-state index is -0.638. The monoisotopic (exact) mass is 312 g/mol. The van der Waals surface area contributed by atoms with E-state index < -0.39 is 5.41 Å². The first kappa shape index (κ1) is 18.4. The molecule has 1 saturated carbocycles. The molecule has 1 amide bonds. The topological polar surface area (TPSA) is 55.1 Å². The van der Waals surface area contributed by atoms with Crippen LogP contribution in [0.25, 0.3) is 0 Å². The number of hydrogen-bond donors (Lipinski definition) is 2. The number of thiocarbonyl (C=S) groups is 1. The van der Waals surface area contributed by atoms with Gasteiger partial charge < -0.3 is 11.1 Å². The van der Waals surface area contributed by atoms with Gasteiger partial charge in [0.25, 0.3) is 0 Å². The maximum atomic E-state index is 12.8. The Kier molecular flexibility index (Phi) is 7.64. The molecule has 122 valence electrons. The number of amides is 1. The van der Waals surface area contributed by atoms with Gasteiger partial charge in [0, 0.05) is 6.04 Å². The number of carbonyl (C=O) groups is 1. The van der Waals surface area contributed by atoms with E-state index in [1.165, 1.54) is 19.3 Å². The molecule has 1 aliphatic rings. The van der Waals surface area contributed by atoms with E-state index in [-0.39, 0.29) is 5.91 Å². The molecule has 4 heteroatoms. The molecule has 0 heterocycles. The first-order chi connectivity index (χ1) is 10.00. The van der Waals surface area contributed by atoms with Crippen LogP contribution in [-0.4, -0.2) is 16.9 Å². The van der Waals surface area contributed by atoms with Crippen LogP contribution in [0.5, 0.6) is 0 Å². The van der Waals surface area contributed by atoms with Crippen molar-refractivity contribution in [3.63, 3.8) is 0 Å². The zero-order chi connectivity index (χ0) is 15.9. The fourth-order valence-corrected chi connectivity index (χ4v) is 3.90. The minimum Gasteiger partial charge on any atom is -0.392 e. The van der Waals surface area contributed by atoms with Gasteiger partial charge in [-0.3, -0.25) is 4.79 Å². The highest BCUT2D eigenvalue weighted by Gasteiger charge is 2.40. The Morgan fingerprint density at radius 3 is 2.05 bits per heavy atom. The highest BCUT2D eigenvalue weighted by molar-refractivity contribution is 7.80. The summed E-state index contributed by atoms with van der Waals surface area (Å²) in [6.07, 6.45) is 9.25. The second kappa shape index (κ2) is 8.72. The van der Waals surface area contributed by atoms with E-state index in [0.29, 0.717) is 11.0 Å². The lowest BCUT2D eigenvalue weighted by molar-refractivity contribution is -0.129. The van der Waals surface area contributed by atoms with E-state index in [4.69, 9.17) is 18.0 Å². The maximum Gasteiger partial charge on any atom is 0.233 e. The number of nitrogens with two attached hydrogens (primary N) is 1. The molecule has 3 N–H and O–H groups in total. The number of carbonyl (C=O) groups excluding carboxylic acids is 1. The third kappa shape index (κ3) is 4.67. The fraction of sp³-hybridized carbons (Fsp3) is 0.882. The first-order valence-corrected chi connectivity index (χ1v) is 9.01. The van der Waals surface area contributed by atoms with Gasteiger partial charge in [0.1, 0.15) is 0 Å². The molecule has 0 radical (unpaired) electrons. The Hall–Kier alpha value is -0.640. The largest absolute Gasteiger partial charge is 0.392 e. The summed E-state index contributed by atoms with van der Waals surface area (Å²) in [7, 11) is 0. The Morgan fingerprint density at radius 1 is 1.14 bits per heavy atom. The summed E-state index contributed by atoms with van der Waals surface area (Å²) in [6.45, 7) is 6.43. The van der Waals surface area contributed by atoms with Crippen LogP contribution in [0, 0.1) is 11.3 Å². The number of rotatable bonds is 8. The van der Waals surface area contributed by atoms with E-state index in [1.807, 2.05) is 0 Å². The van der Waals surface area contributed by atoms with Crippen molar-refractivity contribution in [1.82, 2.24) is 5.32 Å². The lowest BCUT2D eigenvalue weighted by atomic mass is 9.77. The molecule has 21 heavy (non-hydrogen) atoms. The van der Waals surface area contributed by atoms with Crippen LogP contribution in [0.15, 0.2) is 0 Å². The molecular formula is C17H32N2OS. The van der Waals surface area contributed by atoms with Gasteiger partial charge in [0.15, 0.2) is 0 Å². The van der Waals surface area contributed by atoms with Gasteiger partial charge in [-0.1, -0.05) is 52.3 Å². The van der Waals surface area contributed by atoms with E-state index in [9.17, 15) is 4.79 Å². The predicted octanol–water partition coefficient (Wildman–Crippen LogP) is 3.94. The van der Waals surface area contributed by atoms with Gasteiger partial charge >= 0.3 is 0 Å². The van der Waals surface area contributed by atoms with Crippen molar-refractivity contribution in [3.8, 4) is 0 Å². The summed E-state index contributed by atoms with van der Waals surface area (Å²) in [5.74, 6) is 0.906. The highest BCUT2D eigenvalue weighted by atomic mass is 32.1. The lowest BCUT2D eigenvalue weighted by Gasteiger charge is -2.35. The molecule has 1 fully saturated rings. The van der Waals surface area contributed by atoms with Crippen molar-refractivity contribution >= 4 is 23.1 Å². The van der Waals surface area contributed by atoms with E-state index in [1.54, 1.807) is 0 Å². The Bertz CT molecular complexity index is 343. The van der Waals surface area contributed by atoms with E-state index in [0.717, 1.165) is 44.4 Å². The average Bonchev–Trinajstić information content (AvgIpc) is 2.47. The summed E-state index contributed by atoms with van der Waals surface area (Å²) < 4.78 is 0. The second-order valence-electron chi connectivity index (χ2n) is 6.55. The first-order valence-electron chi connectivity index (χ1n) is 8.61. The van der Waals surface area contributed by atoms with Gasteiger partial charge in [0.05, 0.1) is 10.4 Å². The molecule has 0 spiro atoms. The van der Waals surface area contributed by atoms with Gasteiger partial charge in [-0.25, -0.2) is 0 Å². The van der Waals surface area contributed by atoms with Crippen molar-refractivity contribution in [3.05, 3.63) is 0 Å². The average molecular weight is 313 g/mol. The zero-order valence-electron chi connectivity index (χ0n) is 13.9. The number of hydrogen-bond acceptors (Lipinski definition) is 2. The molecule has 0 aromatic heterocycles. The summed E-state index contributed by atoms with van der Waals surface area (Å²) >= 11 is 5.26. The van der Waals surface area contributed by atoms with Gasteiger partial charge in [-0.15, -0.1) is 0 Å². The Balaban J connectivity index is 2.70. The lowest BCUT2D eigenvalue weighted by Crippen LogP contribution is -2.52. The van der Waals surface area contributed by atoms with Crippen LogP contribution < -0.4 is 11.1 Å². The summed E-state index contributed by atoms with van der Waals surface area (Å²) in [5, 5.41) is 3.25. The van der Waals surface area contributed by atoms with Crippen LogP contribution in [0.2, 0.25) is 0 Å². The van der Waals surface area contributed by atoms with Crippen LogP contribution in [0.4, 0.5) is 0 Å². The molecule has 3 nitrogen and oxygen atoms in total. The van der Waals surface area contributed by atoms with Crippen LogP contribution in [0.1, 0.15) is 78.6 Å². The summed E-state index contributed by atoms with van der Waals surface area (Å²) in [6, 6.07) is 0.308. The second-order valence-corrected chi connectivity index (χ2v) is 6.99. The molecule has 1 aliphatic carbocycles. The molecule has 0 saturated heterocycles. The summed E-state index contributed by atoms with van der Waals surface area (Å²) in [4.78, 5) is 13.2. The van der Waals surface area contributed by atoms with E-state index >= 15 is 0 Å². The van der Waals surface area contributed by atoms with Crippen molar-refractivity contribution < 1.29 is 4.79 Å². The molecule has 0 aromatic carbocycles. The fourth-order valence-electron chi connectivity index (χ4n) is 3.60. The molecule has 0 bridgehead atoms. The third-order valence-electron chi connectivity index (χ3n) is 5.02. The molecular weight excluding hydrogens is 280 g/mol. The van der Waals surface area contributed by atoms with Gasteiger partial charge in [0.2, 0.25) is 5.91 Å². The highest BCUT2D eigenvalue weighted by Crippen LogP contribution is 2.32. The minimum absolute atomic E-state index is 0.0682. The Morgan fingerprint density at radius 2 is 1.67 bits per heavy atom. The molecule has 1 rings (SSSR count). The Labute approximate surface area is 135 Å².